The molecule has 3 atom stereocenters. The van der Waals surface area contributed by atoms with Gasteiger partial charge in [0.25, 0.3) is 0 Å². The van der Waals surface area contributed by atoms with Crippen molar-refractivity contribution in [1.29, 1.82) is 0 Å². The highest BCUT2D eigenvalue weighted by Gasteiger charge is 2.62. The Hall–Kier alpha value is -3.58. The number of carbonyl (C=O) groups is 2. The molecule has 3 aliphatic rings. The van der Waals surface area contributed by atoms with Crippen molar-refractivity contribution in [3.05, 3.63) is 52.0 Å². The highest BCUT2D eigenvalue weighted by Crippen LogP contribution is 2.59. The highest BCUT2D eigenvalue weighted by atomic mass is 16.5. The summed E-state index contributed by atoms with van der Waals surface area (Å²) in [6.45, 7) is 0. The molecular formula is C18H13N5O4. The molecule has 1 N–H and O–H groups in total. The SMILES string of the molecule is [N-]=[N+]=NC(=O)[C@@H]1C2Oc3ccc(Oc4ccnc5c4CCC(=O)N5)cc3[C@H]21. The second kappa shape index (κ2) is 5.72. The van der Waals surface area contributed by atoms with Crippen LogP contribution in [0.2, 0.25) is 0 Å². The minimum absolute atomic E-state index is 0.0580. The van der Waals surface area contributed by atoms with Crippen molar-refractivity contribution in [3.63, 3.8) is 0 Å². The molecule has 9 heteroatoms. The van der Waals surface area contributed by atoms with E-state index in [1.807, 2.05) is 6.07 Å². The molecule has 1 fully saturated rings. The first-order valence-corrected chi connectivity index (χ1v) is 8.51. The largest absolute Gasteiger partial charge is 0.489 e. The van der Waals surface area contributed by atoms with E-state index in [-0.39, 0.29) is 17.9 Å². The molecule has 3 heterocycles. The summed E-state index contributed by atoms with van der Waals surface area (Å²) in [5.41, 5.74) is 10.2. The van der Waals surface area contributed by atoms with E-state index >= 15 is 0 Å². The lowest BCUT2D eigenvalue weighted by Gasteiger charge is -2.19. The highest BCUT2D eigenvalue weighted by molar-refractivity contribution is 5.93. The van der Waals surface area contributed by atoms with Crippen LogP contribution in [0, 0.1) is 5.92 Å². The summed E-state index contributed by atoms with van der Waals surface area (Å²) < 4.78 is 11.8. The smallest absolute Gasteiger partial charge is 0.226 e. The predicted octanol–water partition coefficient (Wildman–Crippen LogP) is 3.07. The van der Waals surface area contributed by atoms with Gasteiger partial charge in [-0.3, -0.25) is 9.59 Å². The summed E-state index contributed by atoms with van der Waals surface area (Å²) in [5, 5.41) is 5.92. The van der Waals surface area contributed by atoms with Gasteiger partial charge >= 0.3 is 0 Å². The quantitative estimate of drug-likeness (QED) is 0.509. The van der Waals surface area contributed by atoms with Crippen molar-refractivity contribution in [2.45, 2.75) is 24.9 Å². The van der Waals surface area contributed by atoms with Crippen LogP contribution in [0.15, 0.2) is 35.6 Å². The number of anilines is 1. The Kier molecular flexibility index (Phi) is 3.32. The summed E-state index contributed by atoms with van der Waals surface area (Å²) in [6, 6.07) is 7.20. The number of azide groups is 1. The Bertz CT molecular complexity index is 1050. The van der Waals surface area contributed by atoms with Gasteiger partial charge < -0.3 is 14.8 Å². The third-order valence-electron chi connectivity index (χ3n) is 5.09. The molecule has 1 aromatic heterocycles. The molecule has 0 saturated heterocycles. The van der Waals surface area contributed by atoms with Gasteiger partial charge in [0.1, 0.15) is 29.2 Å². The maximum atomic E-state index is 11.8. The maximum absolute atomic E-state index is 11.8. The van der Waals surface area contributed by atoms with E-state index in [0.29, 0.717) is 35.9 Å². The average Bonchev–Trinajstić information content (AvgIpc) is 3.25. The van der Waals surface area contributed by atoms with Crippen LogP contribution in [-0.4, -0.2) is 22.9 Å². The van der Waals surface area contributed by atoms with Crippen LogP contribution in [0.3, 0.4) is 0 Å². The number of nitrogens with one attached hydrogen (secondary N) is 1. The number of pyridine rings is 1. The zero-order valence-corrected chi connectivity index (χ0v) is 14.0. The standard InChI is InChI=1S/C18H13N5O4/c19-23-22-18(25)15-14-10-7-8(1-3-11(10)27-16(14)15)26-12-5-6-20-17-9(12)2-4-13(24)21-17/h1,3,5-7,14-16H,2,4H2,(H,20,21,24)/t14-,15-,16?/m0/s1. The second-order valence-corrected chi connectivity index (χ2v) is 6.65. The molecule has 2 aromatic rings. The van der Waals surface area contributed by atoms with E-state index in [9.17, 15) is 9.59 Å². The summed E-state index contributed by atoms with van der Waals surface area (Å²) in [5.74, 6) is 1.39. The second-order valence-electron chi connectivity index (χ2n) is 6.65. The van der Waals surface area contributed by atoms with Crippen molar-refractivity contribution in [2.75, 3.05) is 5.32 Å². The molecule has 2 aliphatic heterocycles. The van der Waals surface area contributed by atoms with Crippen molar-refractivity contribution < 1.29 is 19.1 Å². The Labute approximate surface area is 152 Å². The van der Waals surface area contributed by atoms with Gasteiger partial charge in [0, 0.05) is 34.6 Å². The van der Waals surface area contributed by atoms with Crippen LogP contribution in [0.5, 0.6) is 17.2 Å². The van der Waals surface area contributed by atoms with Crippen LogP contribution in [-0.2, 0) is 16.0 Å². The molecule has 9 nitrogen and oxygen atoms in total. The lowest BCUT2D eigenvalue weighted by molar-refractivity contribution is -0.120. The van der Waals surface area contributed by atoms with E-state index in [4.69, 9.17) is 15.0 Å². The van der Waals surface area contributed by atoms with E-state index in [1.54, 1.807) is 24.4 Å². The van der Waals surface area contributed by atoms with Crippen molar-refractivity contribution in [2.24, 2.45) is 11.0 Å². The monoisotopic (exact) mass is 363 g/mol. The Morgan fingerprint density at radius 1 is 1.37 bits per heavy atom. The van der Waals surface area contributed by atoms with E-state index < -0.39 is 11.8 Å². The number of amides is 2. The fraction of sp³-hybridized carbons (Fsp3) is 0.278. The van der Waals surface area contributed by atoms with Crippen LogP contribution in [0.4, 0.5) is 5.82 Å². The molecule has 27 heavy (non-hydrogen) atoms. The topological polar surface area (TPSA) is 126 Å². The fourth-order valence-electron chi connectivity index (χ4n) is 3.79. The zero-order chi connectivity index (χ0) is 18.5. The van der Waals surface area contributed by atoms with Crippen LogP contribution >= 0.6 is 0 Å². The minimum Gasteiger partial charge on any atom is -0.489 e. The number of benzene rings is 1. The molecule has 1 aromatic carbocycles. The lowest BCUT2D eigenvalue weighted by atomic mass is 10.1. The molecule has 1 aliphatic carbocycles. The van der Waals surface area contributed by atoms with Gasteiger partial charge in [0.05, 0.1) is 5.92 Å². The first-order chi connectivity index (χ1) is 13.2. The summed E-state index contributed by atoms with van der Waals surface area (Å²) >= 11 is 0. The normalized spacial score (nSPS) is 23.7. The molecule has 0 spiro atoms. The summed E-state index contributed by atoms with van der Waals surface area (Å²) in [7, 11) is 0. The number of hydrogen-bond acceptors (Lipinski definition) is 5. The van der Waals surface area contributed by atoms with E-state index in [0.717, 1.165) is 11.1 Å². The van der Waals surface area contributed by atoms with E-state index in [1.165, 1.54) is 0 Å². The third kappa shape index (κ3) is 2.48. The van der Waals surface area contributed by atoms with Gasteiger partial charge in [-0.25, -0.2) is 4.98 Å². The first-order valence-electron chi connectivity index (χ1n) is 8.51. The maximum Gasteiger partial charge on any atom is 0.226 e. The number of hydrogen-bond donors (Lipinski definition) is 1. The number of fused-ring (bicyclic) bond motifs is 4. The number of rotatable bonds is 3. The predicted molar refractivity (Wildman–Crippen MR) is 92.5 cm³/mol. The Morgan fingerprint density at radius 2 is 2.26 bits per heavy atom. The molecule has 5 rings (SSSR count). The molecule has 1 unspecified atom stereocenters. The molecule has 0 radical (unpaired) electrons. The third-order valence-corrected chi connectivity index (χ3v) is 5.09. The van der Waals surface area contributed by atoms with Gasteiger partial charge in [-0.15, -0.1) is 0 Å². The molecule has 2 amide bonds. The molecular weight excluding hydrogens is 350 g/mol. The van der Waals surface area contributed by atoms with Gasteiger partial charge in [0.15, 0.2) is 0 Å². The summed E-state index contributed by atoms with van der Waals surface area (Å²) in [6.07, 6.45) is 2.27. The summed E-state index contributed by atoms with van der Waals surface area (Å²) in [4.78, 5) is 30.1. The van der Waals surface area contributed by atoms with Gasteiger partial charge in [-0.2, -0.15) is 0 Å². The van der Waals surface area contributed by atoms with E-state index in [2.05, 4.69) is 20.3 Å². The van der Waals surface area contributed by atoms with Gasteiger partial charge in [0.2, 0.25) is 11.8 Å². The number of aromatic nitrogens is 1. The zero-order valence-electron chi connectivity index (χ0n) is 14.0. The van der Waals surface area contributed by atoms with Crippen LogP contribution in [0.25, 0.3) is 10.4 Å². The van der Waals surface area contributed by atoms with Gasteiger partial charge in [-0.05, 0) is 41.3 Å². The van der Waals surface area contributed by atoms with Crippen molar-refractivity contribution >= 4 is 17.6 Å². The number of nitrogens with zero attached hydrogens (tertiary/aromatic N) is 4. The minimum atomic E-state index is -0.497. The fourth-order valence-corrected chi connectivity index (χ4v) is 3.79. The van der Waals surface area contributed by atoms with Crippen LogP contribution < -0.4 is 14.8 Å². The number of ether oxygens (including phenoxy) is 2. The Morgan fingerprint density at radius 3 is 3.11 bits per heavy atom. The van der Waals surface area contributed by atoms with Gasteiger partial charge in [-0.1, -0.05) is 0 Å². The van der Waals surface area contributed by atoms with Crippen molar-refractivity contribution in [1.82, 2.24) is 4.98 Å². The van der Waals surface area contributed by atoms with Crippen molar-refractivity contribution in [3.8, 4) is 17.2 Å². The average molecular weight is 363 g/mol. The molecule has 0 bridgehead atoms. The number of carbonyl (C=O) groups excluding carboxylic acids is 2. The Balaban J connectivity index is 1.42. The first kappa shape index (κ1) is 15.7. The lowest BCUT2D eigenvalue weighted by Crippen LogP contribution is -2.20. The molecule has 1 saturated carbocycles. The van der Waals surface area contributed by atoms with Crippen LogP contribution in [0.1, 0.15) is 23.5 Å². The molecule has 134 valence electrons.